The molecule has 5 heteroatoms. The average Bonchev–Trinajstić information content (AvgIpc) is 2.80. The quantitative estimate of drug-likeness (QED) is 0.901. The lowest BCUT2D eigenvalue weighted by Crippen LogP contribution is -2.25. The number of benzene rings is 1. The van der Waals surface area contributed by atoms with Gasteiger partial charge in [0, 0.05) is 24.8 Å². The van der Waals surface area contributed by atoms with Crippen molar-refractivity contribution in [3.05, 3.63) is 53.4 Å². The van der Waals surface area contributed by atoms with E-state index in [1.165, 1.54) is 12.1 Å². The summed E-state index contributed by atoms with van der Waals surface area (Å²) in [6.07, 6.45) is 4.70. The van der Waals surface area contributed by atoms with Gasteiger partial charge in [-0.25, -0.2) is 8.78 Å². The maximum atomic E-state index is 13.5. The minimum absolute atomic E-state index is 0.213. The van der Waals surface area contributed by atoms with Crippen molar-refractivity contribution in [1.82, 2.24) is 9.78 Å². The molecule has 0 bridgehead atoms. The zero-order valence-electron chi connectivity index (χ0n) is 10.8. The molecule has 0 aliphatic heterocycles. The van der Waals surface area contributed by atoms with Gasteiger partial charge in [0.2, 0.25) is 0 Å². The molecule has 0 amide bonds. The van der Waals surface area contributed by atoms with Crippen molar-refractivity contribution < 1.29 is 8.78 Å². The summed E-state index contributed by atoms with van der Waals surface area (Å²) in [6, 6.07) is 3.37. The average molecular weight is 265 g/mol. The first kappa shape index (κ1) is 13.7. The Hall–Kier alpha value is -1.75. The predicted molar refractivity (Wildman–Crippen MR) is 69.6 cm³/mol. The highest BCUT2D eigenvalue weighted by Crippen LogP contribution is 2.13. The fraction of sp³-hybridized carbons (Fsp3) is 0.357. The molecule has 2 aromatic rings. The second kappa shape index (κ2) is 5.93. The maximum Gasteiger partial charge on any atom is 0.129 e. The molecule has 1 unspecified atom stereocenters. The first-order chi connectivity index (χ1) is 9.08. The minimum atomic E-state index is -0.570. The molecule has 0 fully saturated rings. The van der Waals surface area contributed by atoms with Gasteiger partial charge in [-0.05, 0) is 37.0 Å². The lowest BCUT2D eigenvalue weighted by molar-refractivity contribution is 0.558. The number of nitrogens with zero attached hydrogens (tertiary/aromatic N) is 2. The molecule has 0 saturated heterocycles. The molecule has 1 aromatic heterocycles. The second-order valence-electron chi connectivity index (χ2n) is 4.61. The Kier molecular flexibility index (Phi) is 4.27. The van der Waals surface area contributed by atoms with Gasteiger partial charge in [-0.1, -0.05) is 6.07 Å². The van der Waals surface area contributed by atoms with Gasteiger partial charge in [0.25, 0.3) is 0 Å². The zero-order valence-corrected chi connectivity index (χ0v) is 10.8. The molecule has 0 radical (unpaired) electrons. The Labute approximate surface area is 111 Å². The van der Waals surface area contributed by atoms with Crippen LogP contribution in [0.25, 0.3) is 0 Å². The molecule has 1 aromatic carbocycles. The van der Waals surface area contributed by atoms with Crippen LogP contribution in [0, 0.1) is 11.6 Å². The van der Waals surface area contributed by atoms with E-state index in [9.17, 15) is 8.78 Å². The molecular weight excluding hydrogens is 248 g/mol. The third-order valence-corrected chi connectivity index (χ3v) is 3.01. The SMILES string of the molecule is CCn1cc(CC(N)Cc2ccc(F)cc2F)cn1. The smallest absolute Gasteiger partial charge is 0.129 e. The van der Waals surface area contributed by atoms with Crippen LogP contribution in [-0.2, 0) is 19.4 Å². The van der Waals surface area contributed by atoms with Crippen molar-refractivity contribution in [1.29, 1.82) is 0 Å². The summed E-state index contributed by atoms with van der Waals surface area (Å²) in [5.41, 5.74) is 7.46. The standard InChI is InChI=1S/C14H17F2N3/c1-2-19-9-10(8-18-19)5-13(17)6-11-3-4-12(15)7-14(11)16/h3-4,7-9,13H,2,5-6,17H2,1H3. The molecule has 1 heterocycles. The summed E-state index contributed by atoms with van der Waals surface area (Å²) >= 11 is 0. The molecule has 0 saturated carbocycles. The van der Waals surface area contributed by atoms with Crippen molar-refractivity contribution >= 4 is 0 Å². The number of hydrogen-bond acceptors (Lipinski definition) is 2. The summed E-state index contributed by atoms with van der Waals surface area (Å²) in [7, 11) is 0. The van der Waals surface area contributed by atoms with Gasteiger partial charge in [0.1, 0.15) is 11.6 Å². The number of nitrogens with two attached hydrogens (primary N) is 1. The van der Waals surface area contributed by atoms with E-state index in [4.69, 9.17) is 5.73 Å². The van der Waals surface area contributed by atoms with Crippen LogP contribution < -0.4 is 5.73 Å². The van der Waals surface area contributed by atoms with E-state index >= 15 is 0 Å². The van der Waals surface area contributed by atoms with Crippen molar-refractivity contribution in [2.75, 3.05) is 0 Å². The van der Waals surface area contributed by atoms with E-state index in [2.05, 4.69) is 5.10 Å². The van der Waals surface area contributed by atoms with Crippen LogP contribution in [0.1, 0.15) is 18.1 Å². The van der Waals surface area contributed by atoms with Gasteiger partial charge in [0.15, 0.2) is 0 Å². The van der Waals surface area contributed by atoms with Crippen LogP contribution in [0.3, 0.4) is 0 Å². The van der Waals surface area contributed by atoms with E-state index in [1.54, 1.807) is 6.20 Å². The summed E-state index contributed by atoms with van der Waals surface area (Å²) in [6.45, 7) is 2.81. The van der Waals surface area contributed by atoms with Crippen LogP contribution in [0.5, 0.6) is 0 Å². The van der Waals surface area contributed by atoms with Crippen LogP contribution in [-0.4, -0.2) is 15.8 Å². The molecule has 2 rings (SSSR count). The molecule has 102 valence electrons. The Morgan fingerprint density at radius 2 is 2.11 bits per heavy atom. The number of rotatable bonds is 5. The van der Waals surface area contributed by atoms with Gasteiger partial charge in [-0.3, -0.25) is 4.68 Å². The largest absolute Gasteiger partial charge is 0.327 e. The minimum Gasteiger partial charge on any atom is -0.327 e. The van der Waals surface area contributed by atoms with E-state index in [0.717, 1.165) is 18.2 Å². The van der Waals surface area contributed by atoms with Crippen LogP contribution in [0.15, 0.2) is 30.6 Å². The lowest BCUT2D eigenvalue weighted by atomic mass is 10.0. The third-order valence-electron chi connectivity index (χ3n) is 3.01. The van der Waals surface area contributed by atoms with E-state index < -0.39 is 11.6 Å². The van der Waals surface area contributed by atoms with Gasteiger partial charge in [0.05, 0.1) is 6.20 Å². The van der Waals surface area contributed by atoms with Crippen LogP contribution in [0.2, 0.25) is 0 Å². The molecule has 0 spiro atoms. The molecule has 1 atom stereocenters. The van der Waals surface area contributed by atoms with Crippen molar-refractivity contribution in [3.63, 3.8) is 0 Å². The van der Waals surface area contributed by atoms with Crippen molar-refractivity contribution in [2.45, 2.75) is 32.4 Å². The molecule has 19 heavy (non-hydrogen) atoms. The highest BCUT2D eigenvalue weighted by Gasteiger charge is 2.11. The lowest BCUT2D eigenvalue weighted by Gasteiger charge is -2.11. The highest BCUT2D eigenvalue weighted by atomic mass is 19.1. The van der Waals surface area contributed by atoms with E-state index in [-0.39, 0.29) is 6.04 Å². The zero-order chi connectivity index (χ0) is 13.8. The maximum absolute atomic E-state index is 13.5. The Balaban J connectivity index is 1.98. The van der Waals surface area contributed by atoms with E-state index in [1.807, 2.05) is 17.8 Å². The molecule has 3 nitrogen and oxygen atoms in total. The predicted octanol–water partition coefficient (Wildman–Crippen LogP) is 2.29. The summed E-state index contributed by atoms with van der Waals surface area (Å²) in [5.74, 6) is -1.11. The molecular formula is C14H17F2N3. The van der Waals surface area contributed by atoms with E-state index in [0.29, 0.717) is 18.4 Å². The Bertz CT molecular complexity index is 551. The van der Waals surface area contributed by atoms with Crippen molar-refractivity contribution in [3.8, 4) is 0 Å². The third kappa shape index (κ3) is 3.61. The van der Waals surface area contributed by atoms with Crippen LogP contribution in [0.4, 0.5) is 8.78 Å². The number of hydrogen-bond donors (Lipinski definition) is 1. The topological polar surface area (TPSA) is 43.8 Å². The van der Waals surface area contributed by atoms with Crippen LogP contribution >= 0.6 is 0 Å². The van der Waals surface area contributed by atoms with Gasteiger partial charge >= 0.3 is 0 Å². The molecule has 2 N–H and O–H groups in total. The highest BCUT2D eigenvalue weighted by molar-refractivity contribution is 5.20. The Morgan fingerprint density at radius 3 is 2.74 bits per heavy atom. The molecule has 0 aliphatic rings. The van der Waals surface area contributed by atoms with Crippen molar-refractivity contribution in [2.24, 2.45) is 5.73 Å². The summed E-state index contributed by atoms with van der Waals surface area (Å²) in [5, 5.41) is 4.16. The fourth-order valence-corrected chi connectivity index (χ4v) is 2.03. The number of halogens is 2. The summed E-state index contributed by atoms with van der Waals surface area (Å²) < 4.78 is 28.1. The first-order valence-corrected chi connectivity index (χ1v) is 6.29. The van der Waals surface area contributed by atoms with Gasteiger partial charge in [-0.15, -0.1) is 0 Å². The van der Waals surface area contributed by atoms with Gasteiger partial charge in [-0.2, -0.15) is 5.10 Å². The summed E-state index contributed by atoms with van der Waals surface area (Å²) in [4.78, 5) is 0. The number of aryl methyl sites for hydroxylation is 1. The second-order valence-corrected chi connectivity index (χ2v) is 4.61. The first-order valence-electron chi connectivity index (χ1n) is 6.29. The van der Waals surface area contributed by atoms with Gasteiger partial charge < -0.3 is 5.73 Å². The molecule has 0 aliphatic carbocycles. The normalized spacial score (nSPS) is 12.6. The monoisotopic (exact) mass is 265 g/mol. The Morgan fingerprint density at radius 1 is 1.32 bits per heavy atom. The number of aromatic nitrogens is 2. The fourth-order valence-electron chi connectivity index (χ4n) is 2.03.